The molecule has 3 rings (SSSR count). The van der Waals surface area contributed by atoms with Crippen LogP contribution in [0.5, 0.6) is 0 Å². The summed E-state index contributed by atoms with van der Waals surface area (Å²) in [7, 11) is 0. The Labute approximate surface area is 140 Å². The lowest BCUT2D eigenvalue weighted by molar-refractivity contribution is 0.0697. The van der Waals surface area contributed by atoms with Gasteiger partial charge in [-0.3, -0.25) is 4.90 Å². The number of anilines is 1. The Hall–Kier alpha value is -1.92. The molecule has 6 heteroatoms. The number of benzene rings is 1. The zero-order chi connectivity index (χ0) is 16.2. The first kappa shape index (κ1) is 16.0. The molecule has 0 saturated carbocycles. The summed E-state index contributed by atoms with van der Waals surface area (Å²) < 4.78 is 0. The van der Waals surface area contributed by atoms with E-state index >= 15 is 0 Å². The highest BCUT2D eigenvalue weighted by Crippen LogP contribution is 2.24. The van der Waals surface area contributed by atoms with E-state index in [0.29, 0.717) is 5.56 Å². The molecule has 1 saturated heterocycles. The molecular formula is C17H21N3O2S. The number of aryl methyl sites for hydroxylation is 1. The molecule has 1 N–H and O–H groups in total. The maximum atomic E-state index is 10.9. The number of carbonyl (C=O) groups is 1. The van der Waals surface area contributed by atoms with Gasteiger partial charge in [0.25, 0.3) is 0 Å². The molecule has 5 nitrogen and oxygen atoms in total. The molecule has 1 aromatic carbocycles. The number of hydrogen-bond donors (Lipinski definition) is 1. The smallest absolute Gasteiger partial charge is 0.335 e. The Morgan fingerprint density at radius 3 is 2.48 bits per heavy atom. The lowest BCUT2D eigenvalue weighted by Gasteiger charge is -2.34. The summed E-state index contributed by atoms with van der Waals surface area (Å²) in [5, 5.41) is 10.1. The maximum absolute atomic E-state index is 10.9. The summed E-state index contributed by atoms with van der Waals surface area (Å²) >= 11 is 1.79. The minimum absolute atomic E-state index is 0.342. The number of aromatic nitrogens is 1. The monoisotopic (exact) mass is 331 g/mol. The largest absolute Gasteiger partial charge is 0.478 e. The van der Waals surface area contributed by atoms with Gasteiger partial charge in [-0.15, -0.1) is 11.3 Å². The highest BCUT2D eigenvalue weighted by Gasteiger charge is 2.19. The molecular weight excluding hydrogens is 310 g/mol. The minimum Gasteiger partial charge on any atom is -0.478 e. The van der Waals surface area contributed by atoms with Crippen molar-refractivity contribution in [1.82, 2.24) is 9.88 Å². The zero-order valence-corrected chi connectivity index (χ0v) is 14.1. The van der Waals surface area contributed by atoms with Crippen LogP contribution in [0.4, 0.5) is 5.13 Å². The molecule has 1 aromatic heterocycles. The highest BCUT2D eigenvalue weighted by atomic mass is 32.1. The van der Waals surface area contributed by atoms with Crippen LogP contribution in [-0.2, 0) is 13.0 Å². The summed E-state index contributed by atoms with van der Waals surface area (Å²) in [5.41, 5.74) is 1.50. The van der Waals surface area contributed by atoms with Crippen LogP contribution in [0.15, 0.2) is 30.5 Å². The van der Waals surface area contributed by atoms with Crippen LogP contribution >= 0.6 is 11.3 Å². The van der Waals surface area contributed by atoms with Crippen LogP contribution in [0.3, 0.4) is 0 Å². The summed E-state index contributed by atoms with van der Waals surface area (Å²) in [4.78, 5) is 21.5. The second-order valence-corrected chi connectivity index (χ2v) is 6.82. The molecule has 1 aliphatic heterocycles. The van der Waals surface area contributed by atoms with E-state index in [1.54, 1.807) is 23.5 Å². The first-order valence-electron chi connectivity index (χ1n) is 7.90. The molecule has 0 spiro atoms. The van der Waals surface area contributed by atoms with Gasteiger partial charge in [0.1, 0.15) is 0 Å². The van der Waals surface area contributed by atoms with Crippen molar-refractivity contribution in [2.45, 2.75) is 19.9 Å². The molecule has 0 radical (unpaired) electrons. The van der Waals surface area contributed by atoms with Crippen molar-refractivity contribution in [2.24, 2.45) is 0 Å². The van der Waals surface area contributed by atoms with Crippen LogP contribution in [0.1, 0.15) is 27.7 Å². The standard InChI is InChI=1S/C17H21N3O2S/c1-2-15-11-18-17(23-15)20-9-7-19(8-10-20)12-13-3-5-14(6-4-13)16(21)22/h3-6,11H,2,7-10,12H2,1H3,(H,21,22). The third-order valence-corrected chi connectivity index (χ3v) is 5.34. The van der Waals surface area contributed by atoms with Crippen molar-refractivity contribution in [2.75, 3.05) is 31.1 Å². The molecule has 2 heterocycles. The van der Waals surface area contributed by atoms with E-state index in [1.807, 2.05) is 18.3 Å². The predicted octanol–water partition coefficient (Wildman–Crippen LogP) is 2.73. The molecule has 0 unspecified atom stereocenters. The molecule has 23 heavy (non-hydrogen) atoms. The Bertz CT molecular complexity index is 661. The van der Waals surface area contributed by atoms with Crippen molar-refractivity contribution in [1.29, 1.82) is 0 Å². The number of hydrogen-bond acceptors (Lipinski definition) is 5. The molecule has 0 amide bonds. The van der Waals surface area contributed by atoms with E-state index in [0.717, 1.165) is 49.8 Å². The summed E-state index contributed by atoms with van der Waals surface area (Å²) in [6, 6.07) is 7.17. The Balaban J connectivity index is 1.53. The van der Waals surface area contributed by atoms with E-state index in [1.165, 1.54) is 4.88 Å². The number of aromatic carboxylic acids is 1. The van der Waals surface area contributed by atoms with Gasteiger partial charge < -0.3 is 10.0 Å². The average molecular weight is 331 g/mol. The fourth-order valence-corrected chi connectivity index (χ4v) is 3.62. The van der Waals surface area contributed by atoms with Gasteiger partial charge in [-0.2, -0.15) is 0 Å². The van der Waals surface area contributed by atoms with E-state index < -0.39 is 5.97 Å². The van der Waals surface area contributed by atoms with Crippen LogP contribution < -0.4 is 4.90 Å². The normalized spacial score (nSPS) is 15.8. The number of carboxylic acids is 1. The number of piperazine rings is 1. The Morgan fingerprint density at radius 2 is 1.91 bits per heavy atom. The quantitative estimate of drug-likeness (QED) is 0.913. The van der Waals surface area contributed by atoms with Crippen molar-refractivity contribution in [3.8, 4) is 0 Å². The van der Waals surface area contributed by atoms with Gasteiger partial charge in [0, 0.05) is 43.8 Å². The number of rotatable bonds is 5. The van der Waals surface area contributed by atoms with Crippen LogP contribution in [0.25, 0.3) is 0 Å². The highest BCUT2D eigenvalue weighted by molar-refractivity contribution is 7.15. The van der Waals surface area contributed by atoms with E-state index in [9.17, 15) is 4.79 Å². The number of nitrogens with zero attached hydrogens (tertiary/aromatic N) is 3. The van der Waals surface area contributed by atoms with Gasteiger partial charge in [0.15, 0.2) is 5.13 Å². The van der Waals surface area contributed by atoms with Gasteiger partial charge >= 0.3 is 5.97 Å². The average Bonchev–Trinajstić information content (AvgIpc) is 3.05. The van der Waals surface area contributed by atoms with Gasteiger partial charge in [-0.1, -0.05) is 19.1 Å². The first-order chi connectivity index (χ1) is 11.2. The summed E-state index contributed by atoms with van der Waals surface area (Å²) in [5.74, 6) is -0.875. The zero-order valence-electron chi connectivity index (χ0n) is 13.2. The summed E-state index contributed by atoms with van der Waals surface area (Å²) in [6.45, 7) is 7.01. The lowest BCUT2D eigenvalue weighted by Crippen LogP contribution is -2.45. The Morgan fingerprint density at radius 1 is 1.22 bits per heavy atom. The summed E-state index contributed by atoms with van der Waals surface area (Å²) in [6.07, 6.45) is 3.03. The second-order valence-electron chi connectivity index (χ2n) is 5.73. The minimum atomic E-state index is -0.875. The van der Waals surface area contributed by atoms with Gasteiger partial charge in [0.05, 0.1) is 5.56 Å². The Kier molecular flexibility index (Phi) is 4.93. The molecule has 1 fully saturated rings. The van der Waals surface area contributed by atoms with Gasteiger partial charge in [-0.25, -0.2) is 9.78 Å². The topological polar surface area (TPSA) is 56.7 Å². The van der Waals surface area contributed by atoms with Crippen molar-refractivity contribution in [3.63, 3.8) is 0 Å². The van der Waals surface area contributed by atoms with E-state index in [2.05, 4.69) is 21.7 Å². The molecule has 2 aromatic rings. The van der Waals surface area contributed by atoms with E-state index in [-0.39, 0.29) is 0 Å². The first-order valence-corrected chi connectivity index (χ1v) is 8.71. The predicted molar refractivity (Wildman–Crippen MR) is 92.4 cm³/mol. The van der Waals surface area contributed by atoms with Gasteiger partial charge in [-0.05, 0) is 24.1 Å². The SMILES string of the molecule is CCc1cnc(N2CCN(Cc3ccc(C(=O)O)cc3)CC2)s1. The van der Waals surface area contributed by atoms with Crippen molar-refractivity contribution in [3.05, 3.63) is 46.5 Å². The van der Waals surface area contributed by atoms with Crippen LogP contribution in [0.2, 0.25) is 0 Å². The molecule has 0 atom stereocenters. The molecule has 122 valence electrons. The molecule has 1 aliphatic rings. The maximum Gasteiger partial charge on any atom is 0.335 e. The van der Waals surface area contributed by atoms with E-state index in [4.69, 9.17) is 5.11 Å². The molecule has 0 aliphatic carbocycles. The fourth-order valence-electron chi connectivity index (χ4n) is 2.72. The van der Waals surface area contributed by atoms with Crippen LogP contribution in [0, 0.1) is 0 Å². The van der Waals surface area contributed by atoms with Gasteiger partial charge in [0.2, 0.25) is 0 Å². The lowest BCUT2D eigenvalue weighted by atomic mass is 10.1. The van der Waals surface area contributed by atoms with Crippen molar-refractivity contribution >= 4 is 22.4 Å². The number of carboxylic acid groups (broad SMARTS) is 1. The third kappa shape index (κ3) is 3.89. The molecule has 0 bridgehead atoms. The second kappa shape index (κ2) is 7.10. The number of thiazole rings is 1. The fraction of sp³-hybridized carbons (Fsp3) is 0.412. The van der Waals surface area contributed by atoms with Crippen LogP contribution in [-0.4, -0.2) is 47.1 Å². The van der Waals surface area contributed by atoms with Crippen molar-refractivity contribution < 1.29 is 9.90 Å². The third-order valence-electron chi connectivity index (χ3n) is 4.14.